The summed E-state index contributed by atoms with van der Waals surface area (Å²) in [6.07, 6.45) is 6.96. The van der Waals surface area contributed by atoms with E-state index in [1.165, 1.54) is 11.8 Å². The van der Waals surface area contributed by atoms with Crippen LogP contribution in [0.25, 0.3) is 0 Å². The standard InChI is InChI=1S/C23H32N6O4S/c1-16(2)20-25-21(33-26-20)27-8-6-23(7-9-27)5-4-17-10-19(24-11-18(17)32-23)28-12-22(13-28)14-29(15-22)34(3,30)31/h10-11,16H,4-9,12-15H2,1-3H3. The summed E-state index contributed by atoms with van der Waals surface area (Å²) < 4.78 is 36.9. The zero-order valence-corrected chi connectivity index (χ0v) is 20.8. The van der Waals surface area contributed by atoms with E-state index in [-0.39, 0.29) is 16.9 Å². The first-order chi connectivity index (χ1) is 16.1. The van der Waals surface area contributed by atoms with Crippen molar-refractivity contribution in [2.75, 3.05) is 55.3 Å². The maximum absolute atomic E-state index is 11.7. The van der Waals surface area contributed by atoms with E-state index >= 15 is 0 Å². The molecule has 34 heavy (non-hydrogen) atoms. The van der Waals surface area contributed by atoms with Gasteiger partial charge in [0.15, 0.2) is 5.82 Å². The van der Waals surface area contributed by atoms with Gasteiger partial charge in [-0.05, 0) is 24.5 Å². The van der Waals surface area contributed by atoms with Crippen LogP contribution in [0.15, 0.2) is 16.8 Å². The normalized spacial score (nSPS) is 23.5. The van der Waals surface area contributed by atoms with Crippen molar-refractivity contribution in [2.45, 2.75) is 51.0 Å². The quantitative estimate of drug-likeness (QED) is 0.639. The Balaban J connectivity index is 1.06. The SMILES string of the molecule is CC(C)c1noc(N2CCC3(CCc4cc(N5CC6(C5)CN(S(C)(=O)=O)C6)ncc4O3)CC2)n1. The molecule has 184 valence electrons. The predicted molar refractivity (Wildman–Crippen MR) is 127 cm³/mol. The Morgan fingerprint density at radius 1 is 1.06 bits per heavy atom. The third kappa shape index (κ3) is 3.73. The lowest BCUT2D eigenvalue weighted by molar-refractivity contribution is 0.0210. The van der Waals surface area contributed by atoms with Crippen molar-refractivity contribution in [1.29, 1.82) is 0 Å². The predicted octanol–water partition coefficient (Wildman–Crippen LogP) is 2.03. The first-order valence-corrected chi connectivity index (χ1v) is 14.0. The molecule has 4 aliphatic rings. The molecule has 0 bridgehead atoms. The maximum Gasteiger partial charge on any atom is 0.324 e. The number of piperidine rings is 1. The third-order valence-electron chi connectivity index (χ3n) is 7.87. The van der Waals surface area contributed by atoms with Crippen LogP contribution in [0.2, 0.25) is 0 Å². The van der Waals surface area contributed by atoms with E-state index in [9.17, 15) is 8.42 Å². The van der Waals surface area contributed by atoms with E-state index in [4.69, 9.17) is 14.2 Å². The van der Waals surface area contributed by atoms with Gasteiger partial charge in [0.1, 0.15) is 17.2 Å². The highest BCUT2D eigenvalue weighted by Crippen LogP contribution is 2.44. The molecule has 6 heterocycles. The van der Waals surface area contributed by atoms with Crippen LogP contribution in [0.3, 0.4) is 0 Å². The number of hydrogen-bond donors (Lipinski definition) is 0. The summed E-state index contributed by atoms with van der Waals surface area (Å²) in [6, 6.07) is 2.77. The van der Waals surface area contributed by atoms with Crippen LogP contribution in [-0.4, -0.2) is 79.0 Å². The highest BCUT2D eigenvalue weighted by molar-refractivity contribution is 7.88. The summed E-state index contributed by atoms with van der Waals surface area (Å²) in [5.74, 6) is 2.86. The molecular weight excluding hydrogens is 456 g/mol. The fourth-order valence-corrected chi connectivity index (χ4v) is 6.70. The van der Waals surface area contributed by atoms with E-state index < -0.39 is 10.0 Å². The van der Waals surface area contributed by atoms with E-state index in [0.29, 0.717) is 19.1 Å². The van der Waals surface area contributed by atoms with Crippen molar-refractivity contribution in [2.24, 2.45) is 5.41 Å². The second-order valence-corrected chi connectivity index (χ2v) is 12.9. The van der Waals surface area contributed by atoms with Crippen molar-refractivity contribution in [3.63, 3.8) is 0 Å². The number of ether oxygens (including phenoxy) is 1. The van der Waals surface area contributed by atoms with Crippen LogP contribution in [0.1, 0.15) is 50.4 Å². The molecule has 11 heteroatoms. The van der Waals surface area contributed by atoms with Gasteiger partial charge in [-0.25, -0.2) is 17.7 Å². The summed E-state index contributed by atoms with van der Waals surface area (Å²) in [4.78, 5) is 13.6. The second-order valence-electron chi connectivity index (χ2n) is 10.9. The minimum absolute atomic E-state index is 0.101. The molecule has 2 spiro atoms. The van der Waals surface area contributed by atoms with Crippen LogP contribution in [0.5, 0.6) is 5.75 Å². The molecule has 0 N–H and O–H groups in total. The van der Waals surface area contributed by atoms with E-state index in [1.54, 1.807) is 4.31 Å². The number of sulfonamides is 1. The zero-order valence-electron chi connectivity index (χ0n) is 20.0. The summed E-state index contributed by atoms with van der Waals surface area (Å²) in [5, 5.41) is 4.09. The van der Waals surface area contributed by atoms with Crippen molar-refractivity contribution >= 4 is 21.9 Å². The average Bonchev–Trinajstić information content (AvgIpc) is 3.22. The number of anilines is 2. The molecule has 10 nitrogen and oxygen atoms in total. The summed E-state index contributed by atoms with van der Waals surface area (Å²) >= 11 is 0. The smallest absolute Gasteiger partial charge is 0.324 e. The number of pyridine rings is 1. The number of aromatic nitrogens is 3. The Kier molecular flexibility index (Phi) is 4.90. The third-order valence-corrected chi connectivity index (χ3v) is 9.07. The Bertz CT molecular complexity index is 1190. The van der Waals surface area contributed by atoms with Gasteiger partial charge in [-0.3, -0.25) is 0 Å². The lowest BCUT2D eigenvalue weighted by Gasteiger charge is -2.59. The molecule has 6 rings (SSSR count). The minimum atomic E-state index is -3.08. The number of hydrogen-bond acceptors (Lipinski definition) is 9. The van der Waals surface area contributed by atoms with Gasteiger partial charge in [-0.15, -0.1) is 0 Å². The Morgan fingerprint density at radius 3 is 2.44 bits per heavy atom. The molecule has 0 unspecified atom stereocenters. The highest BCUT2D eigenvalue weighted by Gasteiger charge is 2.54. The Morgan fingerprint density at radius 2 is 1.79 bits per heavy atom. The number of nitrogens with zero attached hydrogens (tertiary/aromatic N) is 6. The topological polar surface area (TPSA) is 105 Å². The Hall–Kier alpha value is -2.40. The molecule has 0 saturated carbocycles. The van der Waals surface area contributed by atoms with Gasteiger partial charge in [0.25, 0.3) is 0 Å². The fourth-order valence-electron chi connectivity index (χ4n) is 5.69. The molecule has 3 saturated heterocycles. The number of aryl methyl sites for hydroxylation is 1. The highest BCUT2D eigenvalue weighted by atomic mass is 32.2. The second kappa shape index (κ2) is 7.55. The van der Waals surface area contributed by atoms with Gasteiger partial charge in [0, 0.05) is 63.4 Å². The van der Waals surface area contributed by atoms with Gasteiger partial charge in [0.05, 0.1) is 12.5 Å². The molecule has 2 aromatic rings. The molecule has 0 amide bonds. The number of fused-ring (bicyclic) bond motifs is 1. The average molecular weight is 489 g/mol. The Labute approximate surface area is 200 Å². The molecule has 2 aromatic heterocycles. The van der Waals surface area contributed by atoms with Crippen molar-refractivity contribution in [3.05, 3.63) is 23.7 Å². The largest absolute Gasteiger partial charge is 0.485 e. The van der Waals surface area contributed by atoms with Gasteiger partial charge < -0.3 is 19.1 Å². The molecule has 0 aromatic carbocycles. The molecule has 3 fully saturated rings. The first-order valence-electron chi connectivity index (χ1n) is 12.1. The minimum Gasteiger partial charge on any atom is -0.485 e. The summed E-state index contributed by atoms with van der Waals surface area (Å²) in [7, 11) is -3.08. The fraction of sp³-hybridized carbons (Fsp3) is 0.696. The monoisotopic (exact) mass is 488 g/mol. The summed E-state index contributed by atoms with van der Waals surface area (Å²) in [6.45, 7) is 8.76. The number of rotatable bonds is 4. The van der Waals surface area contributed by atoms with Gasteiger partial charge in [-0.1, -0.05) is 19.0 Å². The van der Waals surface area contributed by atoms with Crippen molar-refractivity contribution in [3.8, 4) is 5.75 Å². The molecule has 0 atom stereocenters. The molecular formula is C23H32N6O4S. The van der Waals surface area contributed by atoms with Crippen molar-refractivity contribution in [1.82, 2.24) is 19.4 Å². The van der Waals surface area contributed by atoms with Gasteiger partial charge in [0.2, 0.25) is 10.0 Å². The van der Waals surface area contributed by atoms with Crippen molar-refractivity contribution < 1.29 is 17.7 Å². The molecule has 0 aliphatic carbocycles. The van der Waals surface area contributed by atoms with Crippen LogP contribution in [-0.2, 0) is 16.4 Å². The van der Waals surface area contributed by atoms with Crippen LogP contribution < -0.4 is 14.5 Å². The van der Waals surface area contributed by atoms with E-state index in [1.807, 2.05) is 6.20 Å². The molecule has 4 aliphatic heterocycles. The van der Waals surface area contributed by atoms with Crippen LogP contribution in [0, 0.1) is 5.41 Å². The lowest BCUT2D eigenvalue weighted by Crippen LogP contribution is -2.73. The van der Waals surface area contributed by atoms with E-state index in [0.717, 1.165) is 69.3 Å². The first kappa shape index (κ1) is 22.1. The summed E-state index contributed by atoms with van der Waals surface area (Å²) in [5.41, 5.74) is 1.16. The van der Waals surface area contributed by atoms with Gasteiger partial charge >= 0.3 is 6.01 Å². The lowest BCUT2D eigenvalue weighted by atomic mass is 9.74. The van der Waals surface area contributed by atoms with Gasteiger partial charge in [-0.2, -0.15) is 4.98 Å². The van der Waals surface area contributed by atoms with E-state index in [2.05, 4.69) is 39.9 Å². The van der Waals surface area contributed by atoms with Crippen LogP contribution >= 0.6 is 0 Å². The van der Waals surface area contributed by atoms with Crippen LogP contribution in [0.4, 0.5) is 11.8 Å². The molecule has 0 radical (unpaired) electrons. The maximum atomic E-state index is 11.7. The zero-order chi connectivity index (χ0) is 23.7.